The van der Waals surface area contributed by atoms with Gasteiger partial charge in [0.25, 0.3) is 5.91 Å². The molecular weight excluding hydrogens is 368 g/mol. The van der Waals surface area contributed by atoms with Crippen molar-refractivity contribution in [3.63, 3.8) is 0 Å². The van der Waals surface area contributed by atoms with E-state index in [9.17, 15) is 9.59 Å². The Morgan fingerprint density at radius 2 is 1.90 bits per heavy atom. The summed E-state index contributed by atoms with van der Waals surface area (Å²) in [6, 6.07) is 13.8. The van der Waals surface area contributed by atoms with E-state index in [0.29, 0.717) is 25.1 Å². The summed E-state index contributed by atoms with van der Waals surface area (Å²) in [7, 11) is 1.40. The smallest absolute Gasteiger partial charge is 0.305 e. The van der Waals surface area contributed by atoms with Crippen molar-refractivity contribution >= 4 is 23.3 Å². The largest absolute Gasteiger partial charge is 0.471 e. The molecule has 0 radical (unpaired) electrons. The molecule has 0 spiro atoms. The van der Waals surface area contributed by atoms with Crippen LogP contribution >= 0.6 is 0 Å². The second-order valence-corrected chi connectivity index (χ2v) is 7.48. The molecule has 4 rings (SSSR count). The normalized spacial score (nSPS) is 15.6. The lowest BCUT2D eigenvalue weighted by Crippen LogP contribution is -2.35. The molecule has 6 nitrogen and oxygen atoms in total. The minimum atomic E-state index is -0.212. The molecule has 0 aliphatic carbocycles. The summed E-state index contributed by atoms with van der Waals surface area (Å²) in [6.45, 7) is 2.07. The Labute approximate surface area is 171 Å². The van der Waals surface area contributed by atoms with Gasteiger partial charge in [-0.05, 0) is 61.6 Å². The Kier molecular flexibility index (Phi) is 5.69. The van der Waals surface area contributed by atoms with Crippen LogP contribution in [0, 0.1) is 0 Å². The number of piperidine rings is 1. The van der Waals surface area contributed by atoms with Crippen LogP contribution < -0.4 is 9.64 Å². The van der Waals surface area contributed by atoms with Gasteiger partial charge >= 0.3 is 5.97 Å². The fraction of sp³-hybridized carbons (Fsp3) is 0.391. The molecular formula is C23H26N2O4. The number of ether oxygens (including phenoxy) is 2. The molecule has 0 bridgehead atoms. The van der Waals surface area contributed by atoms with Gasteiger partial charge in [-0.2, -0.15) is 0 Å². The molecule has 1 fully saturated rings. The number of fused-ring (bicyclic) bond motifs is 1. The molecule has 6 heteroatoms. The Bertz CT molecular complexity index is 906. The van der Waals surface area contributed by atoms with Crippen LogP contribution in [0.4, 0.5) is 11.4 Å². The molecule has 2 aromatic rings. The number of hydrogen-bond acceptors (Lipinski definition) is 5. The van der Waals surface area contributed by atoms with Crippen molar-refractivity contribution < 1.29 is 19.1 Å². The number of aryl methyl sites for hydroxylation is 1. The molecule has 0 atom stereocenters. The molecule has 1 saturated heterocycles. The maximum Gasteiger partial charge on any atom is 0.305 e. The maximum absolute atomic E-state index is 12.8. The zero-order chi connectivity index (χ0) is 20.2. The summed E-state index contributed by atoms with van der Waals surface area (Å²) >= 11 is 0. The fourth-order valence-electron chi connectivity index (χ4n) is 3.91. The predicted molar refractivity (Wildman–Crippen MR) is 111 cm³/mol. The van der Waals surface area contributed by atoms with E-state index in [2.05, 4.69) is 11.0 Å². The second-order valence-electron chi connectivity index (χ2n) is 7.48. The molecule has 0 N–H and O–H groups in total. The van der Waals surface area contributed by atoms with Crippen LogP contribution in [0.3, 0.4) is 0 Å². The first-order valence-corrected chi connectivity index (χ1v) is 10.1. The van der Waals surface area contributed by atoms with Gasteiger partial charge in [-0.1, -0.05) is 12.1 Å². The maximum atomic E-state index is 12.8. The van der Waals surface area contributed by atoms with Gasteiger partial charge in [0.1, 0.15) is 5.75 Å². The van der Waals surface area contributed by atoms with Gasteiger partial charge in [0.15, 0.2) is 6.73 Å². The summed E-state index contributed by atoms with van der Waals surface area (Å²) in [5.74, 6) is 0.600. The molecule has 0 aromatic heterocycles. The number of methoxy groups -OCH3 is 1. The van der Waals surface area contributed by atoms with Crippen LogP contribution in [0.25, 0.3) is 0 Å². The number of carbonyl (C=O) groups excluding carboxylic acids is 2. The lowest BCUT2D eigenvalue weighted by molar-refractivity contribution is -0.140. The number of hydrogen-bond donors (Lipinski definition) is 0. The van der Waals surface area contributed by atoms with Crippen molar-refractivity contribution in [1.29, 1.82) is 0 Å². The average Bonchev–Trinajstić information content (AvgIpc) is 3.21. The number of benzene rings is 2. The molecule has 2 aromatic carbocycles. The van der Waals surface area contributed by atoms with Crippen LogP contribution in [-0.4, -0.2) is 43.7 Å². The van der Waals surface area contributed by atoms with E-state index >= 15 is 0 Å². The number of amides is 1. The summed E-state index contributed by atoms with van der Waals surface area (Å²) in [5, 5.41) is 0. The Hall–Kier alpha value is -3.02. The fourth-order valence-corrected chi connectivity index (χ4v) is 3.91. The number of anilines is 2. The topological polar surface area (TPSA) is 59.1 Å². The molecule has 2 heterocycles. The highest BCUT2D eigenvalue weighted by atomic mass is 16.5. The molecule has 2 aliphatic heterocycles. The van der Waals surface area contributed by atoms with Gasteiger partial charge in [-0.15, -0.1) is 0 Å². The average molecular weight is 394 g/mol. The number of esters is 1. The minimum Gasteiger partial charge on any atom is -0.471 e. The Morgan fingerprint density at radius 1 is 1.07 bits per heavy atom. The minimum absolute atomic E-state index is 0.0827. The molecule has 29 heavy (non-hydrogen) atoms. The van der Waals surface area contributed by atoms with Crippen molar-refractivity contribution in [1.82, 2.24) is 4.90 Å². The van der Waals surface area contributed by atoms with Crippen LogP contribution in [-0.2, 0) is 16.0 Å². The second kappa shape index (κ2) is 8.55. The standard InChI is InChI=1S/C23H26N2O4/c1-28-22(26)11-8-17-6-5-7-19(14-17)25-16-29-21-15-18(9-10-20(21)25)23(27)24-12-3-2-4-13-24/h5-7,9-10,14-15H,2-4,8,11-13,16H2,1H3. The highest BCUT2D eigenvalue weighted by molar-refractivity contribution is 5.95. The van der Waals surface area contributed by atoms with Crippen LogP contribution in [0.1, 0.15) is 41.6 Å². The quantitative estimate of drug-likeness (QED) is 0.720. The molecule has 0 saturated carbocycles. The van der Waals surface area contributed by atoms with E-state index in [-0.39, 0.29) is 11.9 Å². The lowest BCUT2D eigenvalue weighted by atomic mass is 10.1. The van der Waals surface area contributed by atoms with Gasteiger partial charge in [0, 0.05) is 30.8 Å². The first-order valence-electron chi connectivity index (χ1n) is 10.1. The first kappa shape index (κ1) is 19.3. The van der Waals surface area contributed by atoms with Crippen molar-refractivity contribution in [3.8, 4) is 5.75 Å². The molecule has 2 aliphatic rings. The third-order valence-electron chi connectivity index (χ3n) is 5.56. The van der Waals surface area contributed by atoms with Gasteiger partial charge in [0.2, 0.25) is 0 Å². The van der Waals surface area contributed by atoms with E-state index in [1.165, 1.54) is 13.5 Å². The zero-order valence-corrected chi connectivity index (χ0v) is 16.7. The van der Waals surface area contributed by atoms with E-state index in [0.717, 1.165) is 48.6 Å². The van der Waals surface area contributed by atoms with Crippen molar-refractivity contribution in [2.45, 2.75) is 32.1 Å². The zero-order valence-electron chi connectivity index (χ0n) is 16.7. The van der Waals surface area contributed by atoms with Crippen LogP contribution in [0.2, 0.25) is 0 Å². The van der Waals surface area contributed by atoms with Gasteiger partial charge in [-0.3, -0.25) is 9.59 Å². The van der Waals surface area contributed by atoms with Gasteiger partial charge in [-0.25, -0.2) is 0 Å². The first-order chi connectivity index (χ1) is 14.2. The summed E-state index contributed by atoms with van der Waals surface area (Å²) in [4.78, 5) is 28.2. The third kappa shape index (κ3) is 4.21. The van der Waals surface area contributed by atoms with Crippen molar-refractivity contribution in [3.05, 3.63) is 53.6 Å². The number of likely N-dealkylation sites (tertiary alicyclic amines) is 1. The number of rotatable bonds is 5. The Morgan fingerprint density at radius 3 is 2.69 bits per heavy atom. The molecule has 152 valence electrons. The highest BCUT2D eigenvalue weighted by Gasteiger charge is 2.25. The summed E-state index contributed by atoms with van der Waals surface area (Å²) in [5.41, 5.74) is 3.70. The highest BCUT2D eigenvalue weighted by Crippen LogP contribution is 2.40. The van der Waals surface area contributed by atoms with Crippen molar-refractivity contribution in [2.24, 2.45) is 0 Å². The monoisotopic (exact) mass is 394 g/mol. The van der Waals surface area contributed by atoms with Crippen LogP contribution in [0.5, 0.6) is 5.75 Å². The predicted octanol–water partition coefficient (Wildman–Crippen LogP) is 3.91. The lowest BCUT2D eigenvalue weighted by Gasteiger charge is -2.26. The third-order valence-corrected chi connectivity index (χ3v) is 5.56. The summed E-state index contributed by atoms with van der Waals surface area (Å²) < 4.78 is 10.6. The molecule has 1 amide bonds. The molecule has 0 unspecified atom stereocenters. The van der Waals surface area contributed by atoms with Crippen LogP contribution in [0.15, 0.2) is 42.5 Å². The van der Waals surface area contributed by atoms with E-state index in [1.54, 1.807) is 0 Å². The van der Waals surface area contributed by atoms with E-state index < -0.39 is 0 Å². The van der Waals surface area contributed by atoms with E-state index in [1.807, 2.05) is 41.3 Å². The van der Waals surface area contributed by atoms with E-state index in [4.69, 9.17) is 9.47 Å². The van der Waals surface area contributed by atoms with Gasteiger partial charge < -0.3 is 19.3 Å². The number of nitrogens with zero attached hydrogens (tertiary/aromatic N) is 2. The summed E-state index contributed by atoms with van der Waals surface area (Å²) in [6.07, 6.45) is 4.34. The Balaban J connectivity index is 1.50. The number of carbonyl (C=O) groups is 2. The SMILES string of the molecule is COC(=O)CCc1cccc(N2COc3cc(C(=O)N4CCCCC4)ccc32)c1. The van der Waals surface area contributed by atoms with Gasteiger partial charge in [0.05, 0.1) is 12.8 Å². The van der Waals surface area contributed by atoms with Crippen molar-refractivity contribution in [2.75, 3.05) is 31.8 Å².